The summed E-state index contributed by atoms with van der Waals surface area (Å²) in [4.78, 5) is 13.5. The Labute approximate surface area is 92.2 Å². The topological polar surface area (TPSA) is 34.4 Å². The van der Waals surface area contributed by atoms with Crippen molar-refractivity contribution in [3.05, 3.63) is 0 Å². The largest absolute Gasteiger partial charge is 0.338 e. The second kappa shape index (κ2) is 5.38. The van der Waals surface area contributed by atoms with Crippen LogP contribution in [-0.4, -0.2) is 30.6 Å². The molecule has 15 heavy (non-hydrogen) atoms. The van der Waals surface area contributed by atoms with Crippen LogP contribution in [0.5, 0.6) is 0 Å². The van der Waals surface area contributed by atoms with Crippen molar-refractivity contribution in [2.45, 2.75) is 44.9 Å². The molecule has 2 aliphatic rings. The molecule has 2 rings (SSSR count). The van der Waals surface area contributed by atoms with Gasteiger partial charge in [-0.2, -0.15) is 0 Å². The van der Waals surface area contributed by atoms with Gasteiger partial charge in [0.2, 0.25) is 0 Å². The number of likely N-dealkylation sites (tertiary alicyclic amines) is 1. The SMILES string of the molecule is O=C([N]CCCC1CC1)N1CCCCC1. The number of amides is 2. The fourth-order valence-corrected chi connectivity index (χ4v) is 2.15. The third-order valence-corrected chi connectivity index (χ3v) is 3.34. The van der Waals surface area contributed by atoms with Crippen molar-refractivity contribution >= 4 is 6.03 Å². The third-order valence-electron chi connectivity index (χ3n) is 3.34. The molecule has 1 heterocycles. The molecule has 2 fully saturated rings. The van der Waals surface area contributed by atoms with Gasteiger partial charge in [0.1, 0.15) is 0 Å². The number of piperidine rings is 1. The van der Waals surface area contributed by atoms with Crippen molar-refractivity contribution in [2.24, 2.45) is 5.92 Å². The maximum Gasteiger partial charge on any atom is 0.338 e. The highest BCUT2D eigenvalue weighted by Gasteiger charge is 2.21. The maximum absolute atomic E-state index is 11.6. The van der Waals surface area contributed by atoms with Gasteiger partial charge in [-0.15, -0.1) is 0 Å². The Hall–Kier alpha value is -0.730. The van der Waals surface area contributed by atoms with Crippen LogP contribution in [0.15, 0.2) is 0 Å². The number of carbonyl (C=O) groups excluding carboxylic acids is 1. The smallest absolute Gasteiger partial charge is 0.323 e. The minimum atomic E-state index is 0.0329. The molecular formula is C12H21N2O. The Kier molecular flexibility index (Phi) is 3.87. The molecule has 1 aliphatic heterocycles. The van der Waals surface area contributed by atoms with Crippen molar-refractivity contribution in [1.29, 1.82) is 0 Å². The molecule has 0 spiro atoms. The van der Waals surface area contributed by atoms with Gasteiger partial charge >= 0.3 is 6.03 Å². The van der Waals surface area contributed by atoms with E-state index in [2.05, 4.69) is 5.32 Å². The lowest BCUT2D eigenvalue weighted by atomic mass is 10.1. The summed E-state index contributed by atoms with van der Waals surface area (Å²) in [5, 5.41) is 4.13. The number of nitrogens with zero attached hydrogens (tertiary/aromatic N) is 2. The Morgan fingerprint density at radius 2 is 1.93 bits per heavy atom. The number of hydrogen-bond donors (Lipinski definition) is 0. The summed E-state index contributed by atoms with van der Waals surface area (Å²) in [6.07, 6.45) is 8.76. The number of hydrogen-bond acceptors (Lipinski definition) is 1. The molecule has 3 nitrogen and oxygen atoms in total. The quantitative estimate of drug-likeness (QED) is 0.655. The summed E-state index contributed by atoms with van der Waals surface area (Å²) in [7, 11) is 0. The van der Waals surface area contributed by atoms with Gasteiger partial charge in [0, 0.05) is 19.6 Å². The molecular weight excluding hydrogens is 188 g/mol. The molecule has 0 bridgehead atoms. The summed E-state index contributed by atoms with van der Waals surface area (Å²) in [6, 6.07) is 0.0329. The molecule has 0 atom stereocenters. The van der Waals surface area contributed by atoms with E-state index in [1.165, 1.54) is 25.7 Å². The van der Waals surface area contributed by atoms with Crippen LogP contribution >= 0.6 is 0 Å². The van der Waals surface area contributed by atoms with Crippen LogP contribution in [0.2, 0.25) is 0 Å². The minimum Gasteiger partial charge on any atom is -0.323 e. The molecule has 1 radical (unpaired) electrons. The van der Waals surface area contributed by atoms with Crippen LogP contribution in [0.25, 0.3) is 0 Å². The summed E-state index contributed by atoms with van der Waals surface area (Å²) in [5.41, 5.74) is 0. The summed E-state index contributed by atoms with van der Waals surface area (Å²) in [5.74, 6) is 0.963. The van der Waals surface area contributed by atoms with E-state index in [1.807, 2.05) is 4.90 Å². The zero-order valence-corrected chi connectivity index (χ0v) is 9.45. The van der Waals surface area contributed by atoms with Crippen molar-refractivity contribution < 1.29 is 4.79 Å². The molecule has 1 saturated carbocycles. The van der Waals surface area contributed by atoms with E-state index >= 15 is 0 Å². The normalized spacial score (nSPS) is 21.5. The van der Waals surface area contributed by atoms with Gasteiger partial charge in [0.25, 0.3) is 0 Å². The Bertz CT molecular complexity index is 208. The highest BCUT2D eigenvalue weighted by molar-refractivity contribution is 5.73. The number of urea groups is 1. The first-order valence-electron chi connectivity index (χ1n) is 6.32. The molecule has 0 aromatic heterocycles. The van der Waals surface area contributed by atoms with E-state index in [-0.39, 0.29) is 6.03 Å². The fraction of sp³-hybridized carbons (Fsp3) is 0.917. The molecule has 1 saturated heterocycles. The van der Waals surface area contributed by atoms with Crippen LogP contribution < -0.4 is 5.32 Å². The zero-order valence-electron chi connectivity index (χ0n) is 9.45. The highest BCUT2D eigenvalue weighted by Crippen LogP contribution is 2.33. The van der Waals surface area contributed by atoms with E-state index in [0.29, 0.717) is 0 Å². The van der Waals surface area contributed by atoms with Gasteiger partial charge < -0.3 is 4.90 Å². The maximum atomic E-state index is 11.6. The van der Waals surface area contributed by atoms with Gasteiger partial charge in [-0.3, -0.25) is 0 Å². The molecule has 2 amide bonds. The first-order chi connectivity index (χ1) is 7.36. The van der Waals surface area contributed by atoms with Crippen LogP contribution in [0, 0.1) is 5.92 Å². The zero-order chi connectivity index (χ0) is 10.5. The summed E-state index contributed by atoms with van der Waals surface area (Å²) < 4.78 is 0. The predicted molar refractivity (Wildman–Crippen MR) is 59.8 cm³/mol. The molecule has 85 valence electrons. The number of carbonyl (C=O) groups is 1. The molecule has 3 heteroatoms. The second-order valence-electron chi connectivity index (χ2n) is 4.80. The van der Waals surface area contributed by atoms with E-state index in [9.17, 15) is 4.79 Å². The molecule has 0 aromatic rings. The number of rotatable bonds is 4. The Balaban J connectivity index is 1.54. The van der Waals surface area contributed by atoms with Crippen LogP contribution in [-0.2, 0) is 0 Å². The standard InChI is InChI=1S/C12H21N2O/c15-12(14-9-2-1-3-10-14)13-8-4-5-11-6-7-11/h11H,1-10H2. The van der Waals surface area contributed by atoms with Gasteiger partial charge in [0.15, 0.2) is 0 Å². The minimum absolute atomic E-state index is 0.0329. The monoisotopic (exact) mass is 209 g/mol. The lowest BCUT2D eigenvalue weighted by Gasteiger charge is -2.25. The van der Waals surface area contributed by atoms with E-state index in [0.717, 1.165) is 44.8 Å². The second-order valence-corrected chi connectivity index (χ2v) is 4.80. The first-order valence-corrected chi connectivity index (χ1v) is 6.32. The van der Waals surface area contributed by atoms with E-state index in [4.69, 9.17) is 0 Å². The van der Waals surface area contributed by atoms with Crippen molar-refractivity contribution in [3.63, 3.8) is 0 Å². The lowest BCUT2D eigenvalue weighted by molar-refractivity contribution is 0.185. The van der Waals surface area contributed by atoms with Crippen molar-refractivity contribution in [2.75, 3.05) is 19.6 Å². The van der Waals surface area contributed by atoms with Crippen molar-refractivity contribution in [1.82, 2.24) is 10.2 Å². The van der Waals surface area contributed by atoms with Crippen LogP contribution in [0.1, 0.15) is 44.9 Å². The average Bonchev–Trinajstić information content (AvgIpc) is 3.09. The van der Waals surface area contributed by atoms with Gasteiger partial charge in [-0.1, -0.05) is 12.8 Å². The molecule has 0 N–H and O–H groups in total. The van der Waals surface area contributed by atoms with Gasteiger partial charge in [-0.25, -0.2) is 10.1 Å². The Morgan fingerprint density at radius 1 is 1.20 bits per heavy atom. The molecule has 1 aliphatic carbocycles. The van der Waals surface area contributed by atoms with E-state index in [1.54, 1.807) is 0 Å². The fourth-order valence-electron chi connectivity index (χ4n) is 2.15. The molecule has 0 unspecified atom stereocenters. The first kappa shape index (κ1) is 10.8. The van der Waals surface area contributed by atoms with Crippen LogP contribution in [0.3, 0.4) is 0 Å². The predicted octanol–water partition coefficient (Wildman–Crippen LogP) is 2.39. The van der Waals surface area contributed by atoms with Gasteiger partial charge in [-0.05, 0) is 38.0 Å². The van der Waals surface area contributed by atoms with E-state index < -0.39 is 0 Å². The highest BCUT2D eigenvalue weighted by atomic mass is 16.2. The van der Waals surface area contributed by atoms with Gasteiger partial charge in [0.05, 0.1) is 0 Å². The third kappa shape index (κ3) is 3.73. The average molecular weight is 209 g/mol. The van der Waals surface area contributed by atoms with Crippen LogP contribution in [0.4, 0.5) is 4.79 Å². The lowest BCUT2D eigenvalue weighted by Crippen LogP contribution is -2.39. The van der Waals surface area contributed by atoms with Crippen molar-refractivity contribution in [3.8, 4) is 0 Å². The summed E-state index contributed by atoms with van der Waals surface area (Å²) >= 11 is 0. The molecule has 0 aromatic carbocycles. The Morgan fingerprint density at radius 3 is 2.60 bits per heavy atom. The summed E-state index contributed by atoms with van der Waals surface area (Å²) in [6.45, 7) is 2.59.